The van der Waals surface area contributed by atoms with Crippen LogP contribution in [0.3, 0.4) is 0 Å². The highest BCUT2D eigenvalue weighted by atomic mass is 16.5. The molecule has 0 aliphatic heterocycles. The number of methoxy groups -OCH3 is 2. The van der Waals surface area contributed by atoms with Crippen molar-refractivity contribution in [3.63, 3.8) is 0 Å². The van der Waals surface area contributed by atoms with Gasteiger partial charge in [0.2, 0.25) is 0 Å². The summed E-state index contributed by atoms with van der Waals surface area (Å²) in [5.74, 6) is -0.940. The number of unbranched alkanes of at least 4 members (excludes halogenated alkanes) is 2. The molecule has 1 aliphatic carbocycles. The Bertz CT molecular complexity index is 1420. The monoisotopic (exact) mass is 611 g/mol. The van der Waals surface area contributed by atoms with Gasteiger partial charge >= 0.3 is 11.9 Å². The van der Waals surface area contributed by atoms with Crippen LogP contribution < -0.4 is 10.1 Å². The van der Waals surface area contributed by atoms with E-state index in [1.807, 2.05) is 0 Å². The van der Waals surface area contributed by atoms with Crippen LogP contribution in [0.25, 0.3) is 6.08 Å². The molecule has 1 saturated carbocycles. The van der Waals surface area contributed by atoms with Crippen molar-refractivity contribution >= 4 is 23.9 Å². The Morgan fingerprint density at radius 2 is 1.60 bits per heavy atom. The Kier molecular flexibility index (Phi) is 13.2. The molecule has 3 aromatic rings. The van der Waals surface area contributed by atoms with E-state index in [1.54, 1.807) is 12.1 Å². The van der Waals surface area contributed by atoms with Crippen LogP contribution in [0.5, 0.6) is 5.75 Å². The van der Waals surface area contributed by atoms with Gasteiger partial charge in [-0.1, -0.05) is 73.2 Å². The zero-order valence-corrected chi connectivity index (χ0v) is 26.5. The molecule has 1 fully saturated rings. The molecule has 0 radical (unpaired) electrons. The molecule has 7 heteroatoms. The maximum atomic E-state index is 13.3. The molecule has 1 amide bonds. The number of rotatable bonds is 15. The number of ether oxygens (including phenoxy) is 3. The van der Waals surface area contributed by atoms with Crippen molar-refractivity contribution in [2.24, 2.45) is 5.92 Å². The lowest BCUT2D eigenvalue weighted by Gasteiger charge is -2.28. The number of benzene rings is 3. The number of amides is 1. The van der Waals surface area contributed by atoms with Crippen molar-refractivity contribution in [2.75, 3.05) is 20.8 Å². The van der Waals surface area contributed by atoms with E-state index >= 15 is 0 Å². The van der Waals surface area contributed by atoms with Crippen molar-refractivity contribution in [3.8, 4) is 5.75 Å². The minimum Gasteiger partial charge on any atom is -0.493 e. The molecule has 0 heterocycles. The van der Waals surface area contributed by atoms with Crippen LogP contribution >= 0.6 is 0 Å². The fourth-order valence-electron chi connectivity index (χ4n) is 5.75. The van der Waals surface area contributed by atoms with Crippen molar-refractivity contribution in [1.29, 1.82) is 0 Å². The van der Waals surface area contributed by atoms with Gasteiger partial charge in [-0.05, 0) is 92.7 Å². The van der Waals surface area contributed by atoms with Crippen molar-refractivity contribution < 1.29 is 28.6 Å². The van der Waals surface area contributed by atoms with Crippen LogP contribution in [0.2, 0.25) is 0 Å². The first-order chi connectivity index (χ1) is 22.0. The second kappa shape index (κ2) is 17.8. The first-order valence-electron chi connectivity index (χ1n) is 16.0. The molecule has 2 atom stereocenters. The lowest BCUT2D eigenvalue weighted by molar-refractivity contribution is -0.146. The summed E-state index contributed by atoms with van der Waals surface area (Å²) in [7, 11) is 2.69. The number of carbonyl (C=O) groups excluding carboxylic acids is 3. The molecule has 0 spiro atoms. The summed E-state index contributed by atoms with van der Waals surface area (Å²) in [6.45, 7) is 0.413. The Morgan fingerprint density at radius 1 is 0.844 bits per heavy atom. The topological polar surface area (TPSA) is 90.9 Å². The third-order valence-corrected chi connectivity index (χ3v) is 8.28. The van der Waals surface area contributed by atoms with Gasteiger partial charge in [-0.15, -0.1) is 0 Å². The maximum absolute atomic E-state index is 13.3. The van der Waals surface area contributed by atoms with Gasteiger partial charge in [0.05, 0.1) is 37.9 Å². The SMILES string of the molecule is COC(=O)c1ccc(OCCCc2ccc(/C=C\CCCCc3ccccc3)cc2)c(C(=O)NC2CCCC(C(=O)OC)C2)c1. The van der Waals surface area contributed by atoms with E-state index in [4.69, 9.17) is 14.2 Å². The Hall–Kier alpha value is -4.39. The third kappa shape index (κ3) is 10.6. The molecule has 1 aliphatic rings. The summed E-state index contributed by atoms with van der Waals surface area (Å²) in [6, 6.07) is 23.8. The molecule has 238 valence electrons. The molecule has 0 aromatic heterocycles. The Labute approximate surface area is 267 Å². The van der Waals surface area contributed by atoms with E-state index in [-0.39, 0.29) is 35.0 Å². The van der Waals surface area contributed by atoms with Crippen molar-refractivity contribution in [2.45, 2.75) is 70.3 Å². The van der Waals surface area contributed by atoms with Gasteiger partial charge in [-0.3, -0.25) is 9.59 Å². The van der Waals surface area contributed by atoms with Gasteiger partial charge in [0.1, 0.15) is 5.75 Å². The van der Waals surface area contributed by atoms with E-state index in [2.05, 4.69) is 72.1 Å². The lowest BCUT2D eigenvalue weighted by atomic mass is 9.85. The second-order valence-corrected chi connectivity index (χ2v) is 11.6. The van der Waals surface area contributed by atoms with Crippen LogP contribution in [0, 0.1) is 5.92 Å². The highest BCUT2D eigenvalue weighted by molar-refractivity contribution is 6.00. The summed E-state index contributed by atoms with van der Waals surface area (Å²) in [5.41, 5.74) is 4.35. The summed E-state index contributed by atoms with van der Waals surface area (Å²) < 4.78 is 15.8. The maximum Gasteiger partial charge on any atom is 0.337 e. The van der Waals surface area contributed by atoms with Gasteiger partial charge in [0, 0.05) is 6.04 Å². The number of hydrogen-bond acceptors (Lipinski definition) is 6. The normalized spacial score (nSPS) is 16.2. The Morgan fingerprint density at radius 3 is 2.36 bits per heavy atom. The zero-order chi connectivity index (χ0) is 31.9. The number of carbonyl (C=O) groups is 3. The van der Waals surface area contributed by atoms with Crippen LogP contribution in [0.1, 0.15) is 88.8 Å². The van der Waals surface area contributed by atoms with Crippen LogP contribution in [0.15, 0.2) is 78.9 Å². The summed E-state index contributed by atoms with van der Waals surface area (Å²) in [4.78, 5) is 37.6. The molecule has 2 unspecified atom stereocenters. The van der Waals surface area contributed by atoms with Crippen molar-refractivity contribution in [3.05, 3.63) is 107 Å². The predicted octanol–water partition coefficient (Wildman–Crippen LogP) is 7.37. The van der Waals surface area contributed by atoms with E-state index in [1.165, 1.54) is 49.8 Å². The molecule has 0 saturated heterocycles. The molecular weight excluding hydrogens is 566 g/mol. The number of hydrogen-bond donors (Lipinski definition) is 1. The molecular formula is C38H45NO6. The second-order valence-electron chi connectivity index (χ2n) is 11.6. The number of aryl methyl sites for hydroxylation is 2. The number of allylic oxidation sites excluding steroid dienone is 1. The van der Waals surface area contributed by atoms with E-state index < -0.39 is 5.97 Å². The minimum atomic E-state index is -0.527. The number of esters is 2. The summed E-state index contributed by atoms with van der Waals surface area (Å²) in [5, 5.41) is 3.04. The van der Waals surface area contributed by atoms with E-state index in [9.17, 15) is 14.4 Å². The molecule has 1 N–H and O–H groups in total. The first kappa shape index (κ1) is 33.5. The highest BCUT2D eigenvalue weighted by Gasteiger charge is 2.29. The average molecular weight is 612 g/mol. The van der Waals surface area contributed by atoms with Crippen LogP contribution in [-0.2, 0) is 27.1 Å². The fraction of sp³-hybridized carbons (Fsp3) is 0.395. The van der Waals surface area contributed by atoms with Gasteiger partial charge in [0.25, 0.3) is 5.91 Å². The lowest BCUT2D eigenvalue weighted by Crippen LogP contribution is -2.40. The zero-order valence-electron chi connectivity index (χ0n) is 26.5. The molecule has 4 rings (SSSR count). The summed E-state index contributed by atoms with van der Waals surface area (Å²) >= 11 is 0. The van der Waals surface area contributed by atoms with Gasteiger partial charge in [0.15, 0.2) is 0 Å². The minimum absolute atomic E-state index is 0.164. The van der Waals surface area contributed by atoms with Gasteiger partial charge < -0.3 is 19.5 Å². The molecule has 7 nitrogen and oxygen atoms in total. The van der Waals surface area contributed by atoms with Gasteiger partial charge in [-0.2, -0.15) is 0 Å². The molecule has 0 bridgehead atoms. The third-order valence-electron chi connectivity index (χ3n) is 8.28. The standard InChI is InChI=1S/C38H45NO6/c1-43-37(41)31-17-10-18-33(26-31)39-36(40)34-27-32(38(42)44-2)23-24-35(34)45-25-11-16-30-21-19-29(20-22-30)15-7-4-3-6-12-28-13-8-5-9-14-28/h5,7-9,13-15,19-24,27,31,33H,3-4,6,10-12,16-18,25-26H2,1-2H3,(H,39,40)/b15-7-. The van der Waals surface area contributed by atoms with E-state index in [0.29, 0.717) is 18.8 Å². The predicted molar refractivity (Wildman–Crippen MR) is 176 cm³/mol. The van der Waals surface area contributed by atoms with Crippen LogP contribution in [0.4, 0.5) is 0 Å². The van der Waals surface area contributed by atoms with E-state index in [0.717, 1.165) is 44.9 Å². The Balaban J connectivity index is 1.25. The number of nitrogens with one attached hydrogen (secondary N) is 1. The molecule has 45 heavy (non-hydrogen) atoms. The van der Waals surface area contributed by atoms with Crippen molar-refractivity contribution in [1.82, 2.24) is 5.32 Å². The molecule has 3 aromatic carbocycles. The van der Waals surface area contributed by atoms with Gasteiger partial charge in [-0.25, -0.2) is 4.79 Å². The quantitative estimate of drug-likeness (QED) is 0.143. The highest BCUT2D eigenvalue weighted by Crippen LogP contribution is 2.27. The summed E-state index contributed by atoms with van der Waals surface area (Å²) in [6.07, 6.45) is 13.5. The average Bonchev–Trinajstić information content (AvgIpc) is 3.08. The largest absolute Gasteiger partial charge is 0.493 e. The smallest absolute Gasteiger partial charge is 0.337 e. The van der Waals surface area contributed by atoms with Crippen LogP contribution in [-0.4, -0.2) is 44.7 Å². The first-order valence-corrected chi connectivity index (χ1v) is 16.0. The fourth-order valence-corrected chi connectivity index (χ4v) is 5.75.